The van der Waals surface area contributed by atoms with Crippen LogP contribution in [0.5, 0.6) is 0 Å². The van der Waals surface area contributed by atoms with Crippen molar-refractivity contribution >= 4 is 85.7 Å². The monoisotopic (exact) mass is 902 g/mol. The van der Waals surface area contributed by atoms with Crippen LogP contribution in [0.1, 0.15) is 34.6 Å². The average molecular weight is 903 g/mol. The lowest BCUT2D eigenvalue weighted by Crippen LogP contribution is -2.41. The Kier molecular flexibility index (Phi) is 16.9. The molecule has 23 heteroatoms. The number of carbonyl (C=O) groups excluding carboxylic acids is 2. The molecule has 0 heterocycles. The maximum Gasteiger partial charge on any atom is 0.294 e. The van der Waals surface area contributed by atoms with Crippen LogP contribution in [0.3, 0.4) is 0 Å². The van der Waals surface area contributed by atoms with Gasteiger partial charge in [0.25, 0.3) is 31.4 Å². The third kappa shape index (κ3) is 14.8. The first kappa shape index (κ1) is 49.2. The highest BCUT2D eigenvalue weighted by Gasteiger charge is 2.37. The first-order valence-electron chi connectivity index (χ1n) is 18.5. The summed E-state index contributed by atoms with van der Waals surface area (Å²) in [6, 6.07) is 18.9. The molecule has 0 aliphatic heterocycles. The summed E-state index contributed by atoms with van der Waals surface area (Å²) in [5, 5.41) is 42.4. The van der Waals surface area contributed by atoms with Gasteiger partial charge in [0, 0.05) is 50.4 Å². The molecule has 0 spiro atoms. The van der Waals surface area contributed by atoms with Crippen LogP contribution in [0.25, 0.3) is 0 Å². The number of hydrogen-bond donors (Lipinski definition) is 7. The van der Waals surface area contributed by atoms with E-state index in [9.17, 15) is 46.7 Å². The summed E-state index contributed by atoms with van der Waals surface area (Å²) in [6.45, 7) is 14.0. The van der Waals surface area contributed by atoms with Crippen LogP contribution >= 0.6 is 0 Å². The SMILES string of the molecule is CC(=O)Nc1ccc(S(=O)(=O)Nc2ccc(NCCO)c([N+](=O)[O-])c2)cc1.CC(=O)Nc1ccc(S(=O)(=O)Nc2ccc(NCCO[Si](C)(C)C(C)(C)C)c([N+](=O)[O-])c2)cc1. The minimum atomic E-state index is -3.99. The van der Waals surface area contributed by atoms with Crippen LogP contribution in [0.15, 0.2) is 94.7 Å². The molecule has 0 atom stereocenters. The molecule has 330 valence electrons. The van der Waals surface area contributed by atoms with E-state index >= 15 is 0 Å². The van der Waals surface area contributed by atoms with E-state index in [0.29, 0.717) is 24.5 Å². The summed E-state index contributed by atoms with van der Waals surface area (Å²) in [5.41, 5.74) is 0.815. The molecule has 0 saturated carbocycles. The van der Waals surface area contributed by atoms with Crippen molar-refractivity contribution in [3.63, 3.8) is 0 Å². The summed E-state index contributed by atoms with van der Waals surface area (Å²) < 4.78 is 61.0. The van der Waals surface area contributed by atoms with Crippen LogP contribution in [0, 0.1) is 20.2 Å². The molecule has 4 aromatic carbocycles. The fourth-order valence-electron chi connectivity index (χ4n) is 4.96. The number of nitrogens with zero attached hydrogens (tertiary/aromatic N) is 2. The van der Waals surface area contributed by atoms with Gasteiger partial charge in [0.2, 0.25) is 11.8 Å². The van der Waals surface area contributed by atoms with Crippen LogP contribution in [0.4, 0.5) is 45.5 Å². The van der Waals surface area contributed by atoms with Gasteiger partial charge in [0.05, 0.1) is 44.2 Å². The standard InChI is InChI=1S/C22H32N4O6SSi.C16H18N4O6S/c1-16(27)24-17-7-10-19(11-8-17)33(30,31)25-18-9-12-20(21(15-18)26(28)29)23-13-14-32-34(5,6)22(2,3)4;1-11(22)18-12-2-5-14(6-3-12)27(25,26)19-13-4-7-15(17-8-9-21)16(10-13)20(23)24/h7-12,15,23,25H,13-14H2,1-6H3,(H,24,27);2-7,10,17,19,21H,8-9H2,1H3,(H,18,22). The number of anilines is 6. The Morgan fingerprint density at radius 1 is 0.656 bits per heavy atom. The number of rotatable bonds is 18. The molecule has 20 nitrogen and oxygen atoms in total. The molecule has 2 amide bonds. The summed E-state index contributed by atoms with van der Waals surface area (Å²) >= 11 is 0. The largest absolute Gasteiger partial charge is 0.415 e. The second-order valence-corrected chi connectivity index (χ2v) is 23.0. The van der Waals surface area contributed by atoms with Gasteiger partial charge in [-0.1, -0.05) is 20.8 Å². The van der Waals surface area contributed by atoms with Crippen molar-refractivity contribution in [2.75, 3.05) is 57.0 Å². The molecule has 61 heavy (non-hydrogen) atoms. The highest BCUT2D eigenvalue weighted by Crippen LogP contribution is 2.36. The van der Waals surface area contributed by atoms with E-state index in [-0.39, 0.29) is 73.9 Å². The molecule has 4 aromatic rings. The Labute approximate surface area is 355 Å². The van der Waals surface area contributed by atoms with Crippen LogP contribution < -0.4 is 30.7 Å². The maximum atomic E-state index is 12.7. The Morgan fingerprint density at radius 3 is 1.34 bits per heavy atom. The van der Waals surface area contributed by atoms with Crippen LogP contribution in [-0.2, 0) is 34.1 Å². The van der Waals surface area contributed by atoms with E-state index in [1.165, 1.54) is 92.7 Å². The summed E-state index contributed by atoms with van der Waals surface area (Å²) in [6.07, 6.45) is 0. The summed E-state index contributed by atoms with van der Waals surface area (Å²) in [5.74, 6) is -0.563. The third-order valence-corrected chi connectivity index (χ3v) is 16.3. The van der Waals surface area contributed by atoms with Gasteiger partial charge in [-0.2, -0.15) is 0 Å². The molecule has 0 aliphatic carbocycles. The predicted octanol–water partition coefficient (Wildman–Crippen LogP) is 6.55. The second-order valence-electron chi connectivity index (χ2n) is 14.8. The molecule has 0 saturated heterocycles. The fraction of sp³-hybridized carbons (Fsp3) is 0.316. The molecule has 0 bridgehead atoms. The molecule has 4 rings (SSSR count). The lowest BCUT2D eigenvalue weighted by Gasteiger charge is -2.36. The topological polar surface area (TPSA) is 290 Å². The van der Waals surface area contributed by atoms with Gasteiger partial charge in [-0.15, -0.1) is 0 Å². The molecule has 0 unspecified atom stereocenters. The zero-order valence-electron chi connectivity index (χ0n) is 34.6. The van der Waals surface area contributed by atoms with Crippen molar-refractivity contribution in [1.29, 1.82) is 0 Å². The number of nitro groups is 2. The smallest absolute Gasteiger partial charge is 0.294 e. The van der Waals surface area contributed by atoms with Crippen molar-refractivity contribution in [1.82, 2.24) is 0 Å². The minimum absolute atomic E-state index is 0.0159. The first-order chi connectivity index (χ1) is 28.3. The molecule has 0 radical (unpaired) electrons. The van der Waals surface area contributed by atoms with Crippen molar-refractivity contribution < 1.29 is 45.8 Å². The zero-order chi connectivity index (χ0) is 45.8. The number of benzene rings is 4. The normalized spacial score (nSPS) is 11.6. The van der Waals surface area contributed by atoms with E-state index < -0.39 is 38.2 Å². The molecule has 0 fully saturated rings. The highest BCUT2D eigenvalue weighted by molar-refractivity contribution is 7.93. The van der Waals surface area contributed by atoms with Crippen molar-refractivity contribution in [2.45, 2.75) is 62.5 Å². The third-order valence-electron chi connectivity index (χ3n) is 8.98. The fourth-order valence-corrected chi connectivity index (χ4v) is 8.10. The van der Waals surface area contributed by atoms with Gasteiger partial charge in [-0.05, 0) is 90.9 Å². The molecular formula is C38H50N8O12S2Si. The Balaban J connectivity index is 0.000000334. The first-order valence-corrected chi connectivity index (χ1v) is 24.3. The van der Waals surface area contributed by atoms with Gasteiger partial charge >= 0.3 is 0 Å². The van der Waals surface area contributed by atoms with Crippen molar-refractivity contribution in [3.05, 3.63) is 105 Å². The van der Waals surface area contributed by atoms with Gasteiger partial charge in [-0.3, -0.25) is 39.3 Å². The average Bonchev–Trinajstić information content (AvgIpc) is 3.15. The van der Waals surface area contributed by atoms with Crippen LogP contribution in [0.2, 0.25) is 18.1 Å². The molecule has 0 aromatic heterocycles. The number of carbonyl (C=O) groups is 2. The lowest BCUT2D eigenvalue weighted by molar-refractivity contribution is -0.384. The van der Waals surface area contributed by atoms with E-state index in [1.807, 2.05) is 0 Å². The Morgan fingerprint density at radius 2 is 1.02 bits per heavy atom. The Hall–Kier alpha value is -6.14. The highest BCUT2D eigenvalue weighted by atomic mass is 32.2. The van der Waals surface area contributed by atoms with E-state index in [1.54, 1.807) is 0 Å². The number of nitrogens with one attached hydrogen (secondary N) is 6. The van der Waals surface area contributed by atoms with Gasteiger partial charge in [0.15, 0.2) is 8.32 Å². The number of nitro benzene ring substituents is 2. The number of sulfonamides is 2. The number of aliphatic hydroxyl groups excluding tert-OH is 1. The Bertz CT molecular complexity index is 2430. The molecule has 0 aliphatic rings. The van der Waals surface area contributed by atoms with Gasteiger partial charge < -0.3 is 30.8 Å². The molecule has 7 N–H and O–H groups in total. The second kappa shape index (κ2) is 20.9. The quantitative estimate of drug-likeness (QED) is 0.0241. The van der Waals surface area contributed by atoms with E-state index in [4.69, 9.17) is 9.53 Å². The van der Waals surface area contributed by atoms with Crippen molar-refractivity contribution in [3.8, 4) is 0 Å². The zero-order valence-corrected chi connectivity index (χ0v) is 37.2. The van der Waals surface area contributed by atoms with E-state index in [0.717, 1.165) is 6.07 Å². The van der Waals surface area contributed by atoms with Gasteiger partial charge in [-0.25, -0.2) is 16.8 Å². The van der Waals surface area contributed by atoms with Gasteiger partial charge in [0.1, 0.15) is 11.4 Å². The lowest BCUT2D eigenvalue weighted by atomic mass is 10.2. The maximum absolute atomic E-state index is 12.7. The van der Waals surface area contributed by atoms with Crippen LogP contribution in [-0.4, -0.2) is 78.2 Å². The summed E-state index contributed by atoms with van der Waals surface area (Å²) in [7, 11) is -9.89. The number of aliphatic hydroxyl groups is 1. The predicted molar refractivity (Wildman–Crippen MR) is 237 cm³/mol. The number of amides is 2. The minimum Gasteiger partial charge on any atom is -0.415 e. The van der Waals surface area contributed by atoms with Crippen molar-refractivity contribution in [2.24, 2.45) is 0 Å². The molecular weight excluding hydrogens is 853 g/mol. The summed E-state index contributed by atoms with van der Waals surface area (Å²) in [4.78, 5) is 43.5. The number of hydrogen-bond acceptors (Lipinski definition) is 14. The van der Waals surface area contributed by atoms with E-state index in [2.05, 4.69) is 64.6 Å².